The van der Waals surface area contributed by atoms with Gasteiger partial charge in [0.05, 0.1) is 25.5 Å². The molecule has 0 radical (unpaired) electrons. The summed E-state index contributed by atoms with van der Waals surface area (Å²) in [5, 5.41) is 12.6. The van der Waals surface area contributed by atoms with Crippen molar-refractivity contribution >= 4 is 5.91 Å². The lowest BCUT2D eigenvalue weighted by molar-refractivity contribution is -0.122. The first-order chi connectivity index (χ1) is 11.5. The number of β-amino-alcohol motifs (C(OH)–C–C–N with tert-alkyl or cyclic N) is 1. The Morgan fingerprint density at radius 3 is 2.88 bits per heavy atom. The number of nitrogens with one attached hydrogen (secondary N) is 1. The molecule has 1 amide bonds. The molecule has 0 bridgehead atoms. The lowest BCUT2D eigenvalue weighted by atomic mass is 10.0. The number of nitrogens with zero attached hydrogens (tertiary/aromatic N) is 1. The van der Waals surface area contributed by atoms with Gasteiger partial charge in [-0.1, -0.05) is 6.07 Å². The fourth-order valence-electron chi connectivity index (χ4n) is 2.96. The van der Waals surface area contributed by atoms with Crippen molar-refractivity contribution in [2.45, 2.75) is 25.1 Å². The maximum absolute atomic E-state index is 13.5. The van der Waals surface area contributed by atoms with Crippen LogP contribution in [0.3, 0.4) is 0 Å². The predicted octanol–water partition coefficient (Wildman–Crippen LogP) is 1.98. The van der Waals surface area contributed by atoms with E-state index in [0.29, 0.717) is 24.3 Å². The van der Waals surface area contributed by atoms with Gasteiger partial charge in [-0.15, -0.1) is 0 Å². The SMILES string of the molecule is O=C(CN1C[C@H](O)C[C@H]1c1ccc(F)c(F)c1)NCc1ccco1. The Morgan fingerprint density at radius 2 is 2.17 bits per heavy atom. The average Bonchev–Trinajstić information content (AvgIpc) is 3.18. The zero-order chi connectivity index (χ0) is 17.1. The molecule has 2 atom stereocenters. The van der Waals surface area contributed by atoms with Crippen molar-refractivity contribution in [3.63, 3.8) is 0 Å². The fraction of sp³-hybridized carbons (Fsp3) is 0.353. The first-order valence-corrected chi connectivity index (χ1v) is 7.69. The Morgan fingerprint density at radius 1 is 1.33 bits per heavy atom. The summed E-state index contributed by atoms with van der Waals surface area (Å²) in [5.41, 5.74) is 0.546. The van der Waals surface area contributed by atoms with Gasteiger partial charge in [0, 0.05) is 12.6 Å². The predicted molar refractivity (Wildman–Crippen MR) is 81.9 cm³/mol. The lowest BCUT2D eigenvalue weighted by Gasteiger charge is -2.23. The summed E-state index contributed by atoms with van der Waals surface area (Å²) in [6.45, 7) is 0.636. The minimum Gasteiger partial charge on any atom is -0.467 e. The topological polar surface area (TPSA) is 65.7 Å². The van der Waals surface area contributed by atoms with Crippen LogP contribution >= 0.6 is 0 Å². The monoisotopic (exact) mass is 336 g/mol. The fourth-order valence-corrected chi connectivity index (χ4v) is 2.96. The molecule has 0 saturated carbocycles. The minimum absolute atomic E-state index is 0.0570. The molecule has 0 aliphatic carbocycles. The van der Waals surface area contributed by atoms with Crippen LogP contribution in [0.4, 0.5) is 8.78 Å². The molecule has 3 rings (SSSR count). The molecule has 24 heavy (non-hydrogen) atoms. The van der Waals surface area contributed by atoms with Gasteiger partial charge in [0.25, 0.3) is 0 Å². The molecule has 0 spiro atoms. The summed E-state index contributed by atoms with van der Waals surface area (Å²) < 4.78 is 31.7. The number of halogens is 2. The van der Waals surface area contributed by atoms with Gasteiger partial charge in [-0.25, -0.2) is 8.78 Å². The van der Waals surface area contributed by atoms with E-state index in [4.69, 9.17) is 4.42 Å². The number of furan rings is 1. The Bertz CT molecular complexity index is 706. The zero-order valence-corrected chi connectivity index (χ0v) is 12.9. The molecule has 1 aromatic carbocycles. The number of rotatable bonds is 5. The van der Waals surface area contributed by atoms with Crippen molar-refractivity contribution in [1.82, 2.24) is 10.2 Å². The van der Waals surface area contributed by atoms with Crippen LogP contribution in [0.1, 0.15) is 23.8 Å². The van der Waals surface area contributed by atoms with E-state index in [1.54, 1.807) is 17.0 Å². The maximum Gasteiger partial charge on any atom is 0.234 e. The van der Waals surface area contributed by atoms with E-state index in [2.05, 4.69) is 5.32 Å². The molecule has 2 aromatic rings. The number of carbonyl (C=O) groups is 1. The molecule has 1 aliphatic rings. The van der Waals surface area contributed by atoms with Gasteiger partial charge in [0.1, 0.15) is 5.76 Å². The summed E-state index contributed by atoms with van der Waals surface area (Å²) in [7, 11) is 0. The third kappa shape index (κ3) is 3.80. The quantitative estimate of drug-likeness (QED) is 0.876. The van der Waals surface area contributed by atoms with Crippen molar-refractivity contribution < 1.29 is 23.1 Å². The van der Waals surface area contributed by atoms with Gasteiger partial charge in [-0.2, -0.15) is 0 Å². The van der Waals surface area contributed by atoms with E-state index >= 15 is 0 Å². The highest BCUT2D eigenvalue weighted by molar-refractivity contribution is 5.78. The third-order valence-electron chi connectivity index (χ3n) is 4.10. The van der Waals surface area contributed by atoms with Crippen molar-refractivity contribution in [2.24, 2.45) is 0 Å². The van der Waals surface area contributed by atoms with Crippen LogP contribution in [-0.4, -0.2) is 35.1 Å². The Balaban J connectivity index is 1.64. The number of likely N-dealkylation sites (tertiary alicyclic amines) is 1. The highest BCUT2D eigenvalue weighted by atomic mass is 19.2. The lowest BCUT2D eigenvalue weighted by Crippen LogP contribution is -2.37. The van der Waals surface area contributed by atoms with Gasteiger partial charge in [-0.3, -0.25) is 9.69 Å². The van der Waals surface area contributed by atoms with Gasteiger partial charge < -0.3 is 14.8 Å². The van der Waals surface area contributed by atoms with Crippen molar-refractivity contribution in [3.8, 4) is 0 Å². The summed E-state index contributed by atoms with van der Waals surface area (Å²) in [5.74, 6) is -1.44. The second kappa shape index (κ2) is 7.11. The summed E-state index contributed by atoms with van der Waals surface area (Å²) in [4.78, 5) is 13.8. The first-order valence-electron chi connectivity index (χ1n) is 7.69. The number of hydrogen-bond donors (Lipinski definition) is 2. The Labute approximate surface area is 137 Å². The van der Waals surface area contributed by atoms with E-state index in [1.165, 1.54) is 12.3 Å². The molecular weight excluding hydrogens is 318 g/mol. The highest BCUT2D eigenvalue weighted by Crippen LogP contribution is 2.32. The second-order valence-electron chi connectivity index (χ2n) is 5.86. The van der Waals surface area contributed by atoms with Crippen LogP contribution in [0.25, 0.3) is 0 Å². The third-order valence-corrected chi connectivity index (χ3v) is 4.10. The van der Waals surface area contributed by atoms with E-state index < -0.39 is 17.7 Å². The number of aliphatic hydroxyl groups excluding tert-OH is 1. The number of amides is 1. The van der Waals surface area contributed by atoms with E-state index in [-0.39, 0.29) is 25.0 Å². The van der Waals surface area contributed by atoms with Crippen LogP contribution < -0.4 is 5.32 Å². The number of carbonyl (C=O) groups excluding carboxylic acids is 1. The average molecular weight is 336 g/mol. The largest absolute Gasteiger partial charge is 0.467 e. The summed E-state index contributed by atoms with van der Waals surface area (Å²) in [6.07, 6.45) is 1.29. The molecule has 1 fully saturated rings. The van der Waals surface area contributed by atoms with Crippen molar-refractivity contribution in [3.05, 3.63) is 59.6 Å². The van der Waals surface area contributed by atoms with Crippen LogP contribution in [0.2, 0.25) is 0 Å². The Hall–Kier alpha value is -2.25. The molecule has 5 nitrogen and oxygen atoms in total. The van der Waals surface area contributed by atoms with E-state index in [0.717, 1.165) is 12.1 Å². The van der Waals surface area contributed by atoms with Crippen molar-refractivity contribution in [2.75, 3.05) is 13.1 Å². The molecular formula is C17H18F2N2O3. The molecule has 2 heterocycles. The molecule has 128 valence electrons. The molecule has 1 saturated heterocycles. The highest BCUT2D eigenvalue weighted by Gasteiger charge is 2.33. The van der Waals surface area contributed by atoms with Crippen LogP contribution in [0.15, 0.2) is 41.0 Å². The van der Waals surface area contributed by atoms with E-state index in [9.17, 15) is 18.7 Å². The normalized spacial score (nSPS) is 21.1. The van der Waals surface area contributed by atoms with Crippen molar-refractivity contribution in [1.29, 1.82) is 0 Å². The standard InChI is InChI=1S/C17H18F2N2O3/c18-14-4-3-11(6-15(14)19)16-7-12(22)9-21(16)10-17(23)20-8-13-2-1-5-24-13/h1-6,12,16,22H,7-10H2,(H,20,23)/t12-,16+/m1/s1. The Kier molecular flexibility index (Phi) is 4.92. The van der Waals surface area contributed by atoms with E-state index in [1.807, 2.05) is 0 Å². The van der Waals surface area contributed by atoms with Gasteiger partial charge >= 0.3 is 0 Å². The number of aliphatic hydroxyl groups is 1. The molecule has 0 unspecified atom stereocenters. The zero-order valence-electron chi connectivity index (χ0n) is 12.9. The molecule has 1 aromatic heterocycles. The summed E-state index contributed by atoms with van der Waals surface area (Å²) >= 11 is 0. The first kappa shape index (κ1) is 16.6. The smallest absolute Gasteiger partial charge is 0.234 e. The maximum atomic E-state index is 13.5. The molecule has 1 aliphatic heterocycles. The van der Waals surface area contributed by atoms with Gasteiger partial charge in [-0.05, 0) is 36.2 Å². The minimum atomic E-state index is -0.934. The molecule has 7 heteroatoms. The van der Waals surface area contributed by atoms with Gasteiger partial charge in [0.15, 0.2) is 11.6 Å². The number of hydrogen-bond acceptors (Lipinski definition) is 4. The molecule has 2 N–H and O–H groups in total. The summed E-state index contributed by atoms with van der Waals surface area (Å²) in [6, 6.07) is 6.82. The van der Waals surface area contributed by atoms with Crippen LogP contribution in [0.5, 0.6) is 0 Å². The van der Waals surface area contributed by atoms with Gasteiger partial charge in [0.2, 0.25) is 5.91 Å². The number of benzene rings is 1. The van der Waals surface area contributed by atoms with Crippen LogP contribution in [0, 0.1) is 11.6 Å². The van der Waals surface area contributed by atoms with Crippen LogP contribution in [-0.2, 0) is 11.3 Å². The second-order valence-corrected chi connectivity index (χ2v) is 5.86.